The van der Waals surface area contributed by atoms with Crippen LogP contribution in [0.15, 0.2) is 59.0 Å². The van der Waals surface area contributed by atoms with Gasteiger partial charge in [0.1, 0.15) is 11.2 Å². The molecular weight excluding hydrogens is 490 g/mol. The van der Waals surface area contributed by atoms with E-state index in [4.69, 9.17) is 16.6 Å². The molecular formula is C27H25N5O4S. The Labute approximate surface area is 218 Å². The average Bonchev–Trinajstić information content (AvgIpc) is 3.55. The largest absolute Gasteiger partial charge is 0.436 e. The normalized spacial score (nSPS) is 13.1. The van der Waals surface area contributed by atoms with Gasteiger partial charge in [0.2, 0.25) is 5.89 Å². The predicted molar refractivity (Wildman–Crippen MR) is 147 cm³/mol. The van der Waals surface area contributed by atoms with E-state index in [2.05, 4.69) is 15.6 Å². The number of aryl methyl sites for hydroxylation is 2. The number of rotatable bonds is 5. The fourth-order valence-corrected chi connectivity index (χ4v) is 4.61. The number of nitro benzene ring substituents is 1. The molecule has 4 aromatic rings. The lowest BCUT2D eigenvalue weighted by molar-refractivity contribution is -0.384. The van der Waals surface area contributed by atoms with Crippen molar-refractivity contribution < 1.29 is 14.1 Å². The molecule has 1 aliphatic rings. The van der Waals surface area contributed by atoms with Crippen LogP contribution in [0, 0.1) is 24.0 Å². The van der Waals surface area contributed by atoms with Gasteiger partial charge in [-0.15, -0.1) is 0 Å². The molecule has 0 spiro atoms. The van der Waals surface area contributed by atoms with E-state index in [-0.39, 0.29) is 16.4 Å². The van der Waals surface area contributed by atoms with Crippen molar-refractivity contribution >= 4 is 51.4 Å². The monoisotopic (exact) mass is 515 g/mol. The van der Waals surface area contributed by atoms with E-state index < -0.39 is 10.8 Å². The number of carbonyl (C=O) groups is 1. The molecule has 9 nitrogen and oxygen atoms in total. The van der Waals surface area contributed by atoms with E-state index in [9.17, 15) is 14.9 Å². The smallest absolute Gasteiger partial charge is 0.293 e. The maximum Gasteiger partial charge on any atom is 0.293 e. The second kappa shape index (κ2) is 9.98. The van der Waals surface area contributed by atoms with Crippen LogP contribution in [-0.4, -0.2) is 34.0 Å². The highest BCUT2D eigenvalue weighted by atomic mass is 32.1. The Kier molecular flexibility index (Phi) is 6.58. The molecule has 0 atom stereocenters. The van der Waals surface area contributed by atoms with Crippen molar-refractivity contribution in [3.8, 4) is 11.5 Å². The number of hydrogen-bond acceptors (Lipinski definition) is 7. The van der Waals surface area contributed by atoms with Gasteiger partial charge in [-0.3, -0.25) is 20.2 Å². The average molecular weight is 516 g/mol. The second-order valence-corrected chi connectivity index (χ2v) is 9.49. The molecule has 1 amide bonds. The van der Waals surface area contributed by atoms with Crippen molar-refractivity contribution in [2.24, 2.45) is 0 Å². The van der Waals surface area contributed by atoms with Crippen LogP contribution in [0.5, 0.6) is 0 Å². The third-order valence-corrected chi connectivity index (χ3v) is 6.59. The number of nitrogens with zero attached hydrogens (tertiary/aromatic N) is 3. The highest BCUT2D eigenvalue weighted by Crippen LogP contribution is 2.32. The summed E-state index contributed by atoms with van der Waals surface area (Å²) in [5.41, 5.74) is 5.48. The second-order valence-electron chi connectivity index (χ2n) is 9.08. The van der Waals surface area contributed by atoms with E-state index in [1.165, 1.54) is 6.07 Å². The fraction of sp³-hybridized carbons (Fsp3) is 0.222. The third kappa shape index (κ3) is 5.14. The SMILES string of the molecule is Cc1ccc2nc(-c3ccc(C)c(NC(=S)NC(=O)c4ccc(N5CCCC5)c([N+](=O)[O-])c4)c3)oc2c1. The zero-order valence-corrected chi connectivity index (χ0v) is 21.2. The first-order valence-corrected chi connectivity index (χ1v) is 12.3. The van der Waals surface area contributed by atoms with Crippen molar-refractivity contribution in [3.63, 3.8) is 0 Å². The van der Waals surface area contributed by atoms with Crippen LogP contribution in [0.25, 0.3) is 22.6 Å². The summed E-state index contributed by atoms with van der Waals surface area (Å²) in [5.74, 6) is -0.0549. The fourth-order valence-electron chi connectivity index (χ4n) is 4.41. The van der Waals surface area contributed by atoms with Crippen molar-refractivity contribution in [2.75, 3.05) is 23.3 Å². The van der Waals surface area contributed by atoms with Crippen molar-refractivity contribution in [2.45, 2.75) is 26.7 Å². The summed E-state index contributed by atoms with van der Waals surface area (Å²) < 4.78 is 5.93. The molecule has 0 unspecified atom stereocenters. The molecule has 2 N–H and O–H groups in total. The van der Waals surface area contributed by atoms with Gasteiger partial charge in [-0.1, -0.05) is 12.1 Å². The van der Waals surface area contributed by atoms with E-state index in [1.807, 2.05) is 55.1 Å². The van der Waals surface area contributed by atoms with Crippen LogP contribution in [0.4, 0.5) is 17.1 Å². The van der Waals surface area contributed by atoms with Crippen molar-refractivity contribution in [1.82, 2.24) is 10.3 Å². The topological polar surface area (TPSA) is 114 Å². The number of anilines is 2. The Morgan fingerprint density at radius 3 is 2.62 bits per heavy atom. The van der Waals surface area contributed by atoms with Gasteiger partial charge in [0, 0.05) is 36.0 Å². The molecule has 0 radical (unpaired) electrons. The summed E-state index contributed by atoms with van der Waals surface area (Å²) in [5, 5.41) is 17.4. The summed E-state index contributed by atoms with van der Waals surface area (Å²) in [6, 6.07) is 16.0. The van der Waals surface area contributed by atoms with Gasteiger partial charge < -0.3 is 14.6 Å². The first-order chi connectivity index (χ1) is 17.8. The van der Waals surface area contributed by atoms with E-state index >= 15 is 0 Å². The molecule has 0 bridgehead atoms. The van der Waals surface area contributed by atoms with Gasteiger partial charge >= 0.3 is 0 Å². The van der Waals surface area contributed by atoms with E-state index in [1.54, 1.807) is 12.1 Å². The number of hydrogen-bond donors (Lipinski definition) is 2. The minimum absolute atomic E-state index is 0.0738. The Balaban J connectivity index is 1.32. The molecule has 10 heteroatoms. The number of aromatic nitrogens is 1. The van der Waals surface area contributed by atoms with Crippen LogP contribution in [-0.2, 0) is 0 Å². The highest BCUT2D eigenvalue weighted by Gasteiger charge is 2.24. The third-order valence-electron chi connectivity index (χ3n) is 6.38. The summed E-state index contributed by atoms with van der Waals surface area (Å²) in [6.07, 6.45) is 1.98. The van der Waals surface area contributed by atoms with Gasteiger partial charge in [-0.05, 0) is 86.4 Å². The summed E-state index contributed by atoms with van der Waals surface area (Å²) in [6.45, 7) is 5.43. The maximum absolute atomic E-state index is 12.9. The maximum atomic E-state index is 12.9. The summed E-state index contributed by atoms with van der Waals surface area (Å²) in [4.78, 5) is 30.6. The number of oxazole rings is 1. The minimum atomic E-state index is -0.531. The van der Waals surface area contributed by atoms with Crippen LogP contribution in [0.3, 0.4) is 0 Å². The van der Waals surface area contributed by atoms with Gasteiger partial charge in [-0.2, -0.15) is 0 Å². The molecule has 0 saturated carbocycles. The molecule has 0 aliphatic carbocycles. The molecule has 1 aromatic heterocycles. The number of carbonyl (C=O) groups excluding carboxylic acids is 1. The minimum Gasteiger partial charge on any atom is -0.436 e. The lowest BCUT2D eigenvalue weighted by Gasteiger charge is -2.18. The van der Waals surface area contributed by atoms with Crippen LogP contribution in [0.2, 0.25) is 0 Å². The Morgan fingerprint density at radius 1 is 1.08 bits per heavy atom. The molecule has 1 fully saturated rings. The summed E-state index contributed by atoms with van der Waals surface area (Å²) >= 11 is 5.37. The number of thiocarbonyl (C=S) groups is 1. The zero-order valence-electron chi connectivity index (χ0n) is 20.4. The van der Waals surface area contributed by atoms with E-state index in [0.29, 0.717) is 22.8 Å². The van der Waals surface area contributed by atoms with Crippen LogP contribution in [0.1, 0.15) is 34.3 Å². The van der Waals surface area contributed by atoms with Gasteiger partial charge in [-0.25, -0.2) is 4.98 Å². The van der Waals surface area contributed by atoms with Gasteiger partial charge in [0.15, 0.2) is 10.7 Å². The molecule has 5 rings (SSSR count). The first kappa shape index (κ1) is 24.4. The highest BCUT2D eigenvalue weighted by molar-refractivity contribution is 7.80. The van der Waals surface area contributed by atoms with Crippen molar-refractivity contribution in [1.29, 1.82) is 0 Å². The molecule has 188 valence electrons. The standard InChI is InChI=1S/C27H25N5O4S/c1-16-5-9-20-24(13-16)36-26(28-20)19-7-6-17(2)21(14-19)29-27(37)30-25(33)18-8-10-22(23(15-18)32(34)35)31-11-3-4-12-31/h5-10,13-15H,3-4,11-12H2,1-2H3,(H2,29,30,33,37). The number of amides is 1. The van der Waals surface area contributed by atoms with Crippen molar-refractivity contribution in [3.05, 3.63) is 81.4 Å². The lowest BCUT2D eigenvalue weighted by atomic mass is 10.1. The number of benzene rings is 3. The molecule has 2 heterocycles. The molecule has 1 aliphatic heterocycles. The number of nitrogens with one attached hydrogen (secondary N) is 2. The van der Waals surface area contributed by atoms with Crippen LogP contribution < -0.4 is 15.5 Å². The van der Waals surface area contributed by atoms with Gasteiger partial charge in [0.05, 0.1) is 4.92 Å². The Bertz CT molecular complexity index is 1540. The van der Waals surface area contributed by atoms with Crippen LogP contribution >= 0.6 is 12.2 Å². The Morgan fingerprint density at radius 2 is 1.86 bits per heavy atom. The Hall–Kier alpha value is -4.31. The number of fused-ring (bicyclic) bond motifs is 1. The van der Waals surface area contributed by atoms with Gasteiger partial charge in [0.25, 0.3) is 11.6 Å². The quantitative estimate of drug-likeness (QED) is 0.196. The lowest BCUT2D eigenvalue weighted by Crippen LogP contribution is -2.34. The zero-order chi connectivity index (χ0) is 26.1. The first-order valence-electron chi connectivity index (χ1n) is 11.9. The predicted octanol–water partition coefficient (Wildman–Crippen LogP) is 5.75. The molecule has 37 heavy (non-hydrogen) atoms. The molecule has 1 saturated heterocycles. The number of nitro groups is 1. The molecule has 3 aromatic carbocycles. The van der Waals surface area contributed by atoms with E-state index in [0.717, 1.165) is 48.1 Å². The summed E-state index contributed by atoms with van der Waals surface area (Å²) in [7, 11) is 0.